The fraction of sp³-hybridized carbons (Fsp3) is 0.478. The Morgan fingerprint density at radius 2 is 2.07 bits per heavy atom. The molecule has 1 aromatic heterocycles. The highest BCUT2D eigenvalue weighted by molar-refractivity contribution is 7.10. The highest BCUT2D eigenvalue weighted by Gasteiger charge is 2.34. The molecule has 1 aliphatic heterocycles. The van der Waals surface area contributed by atoms with Gasteiger partial charge in [0.2, 0.25) is 11.8 Å². The van der Waals surface area contributed by atoms with E-state index in [1.54, 1.807) is 23.3 Å². The van der Waals surface area contributed by atoms with Crippen molar-refractivity contribution in [3.05, 3.63) is 57.3 Å². The number of hydrogen-bond donors (Lipinski definition) is 0. The van der Waals surface area contributed by atoms with Gasteiger partial charge in [-0.1, -0.05) is 24.3 Å². The average molecular weight is 449 g/mol. The predicted octanol–water partition coefficient (Wildman–Crippen LogP) is 4.02. The van der Waals surface area contributed by atoms with Gasteiger partial charge in [0.25, 0.3) is 0 Å². The van der Waals surface area contributed by atoms with Crippen LogP contribution >= 0.6 is 22.9 Å². The van der Waals surface area contributed by atoms with Gasteiger partial charge >= 0.3 is 0 Å². The Bertz CT molecular complexity index is 870. The Morgan fingerprint density at radius 3 is 2.80 bits per heavy atom. The zero-order valence-electron chi connectivity index (χ0n) is 17.6. The minimum atomic E-state index is -0.113. The summed E-state index contributed by atoms with van der Waals surface area (Å²) in [5, 5.41) is 2.10. The number of carbonyl (C=O) groups is 2. The summed E-state index contributed by atoms with van der Waals surface area (Å²) in [4.78, 5) is 30.9. The van der Waals surface area contributed by atoms with Crippen molar-refractivity contribution in [1.82, 2.24) is 9.80 Å². The SMILES string of the molecule is COCCCN(CC(=O)N1CCc2sccc2C1c1ccccc1C)C(=O)CCCl. The normalized spacial score (nSPS) is 15.7. The Balaban J connectivity index is 1.85. The number of nitrogens with zero attached hydrogens (tertiary/aromatic N) is 2. The topological polar surface area (TPSA) is 49.9 Å². The van der Waals surface area contributed by atoms with E-state index in [2.05, 4.69) is 30.5 Å². The van der Waals surface area contributed by atoms with Crippen LogP contribution in [0.25, 0.3) is 0 Å². The highest BCUT2D eigenvalue weighted by Crippen LogP contribution is 2.38. The molecule has 0 fully saturated rings. The smallest absolute Gasteiger partial charge is 0.242 e. The molecule has 3 rings (SSSR count). The van der Waals surface area contributed by atoms with Gasteiger partial charge in [-0.2, -0.15) is 0 Å². The van der Waals surface area contributed by atoms with Crippen LogP contribution in [0.1, 0.15) is 40.5 Å². The van der Waals surface area contributed by atoms with Gasteiger partial charge in [0, 0.05) is 44.0 Å². The lowest BCUT2D eigenvalue weighted by Crippen LogP contribution is -2.47. The molecule has 30 heavy (non-hydrogen) atoms. The van der Waals surface area contributed by atoms with Crippen LogP contribution < -0.4 is 0 Å². The summed E-state index contributed by atoms with van der Waals surface area (Å²) in [6.45, 7) is 3.84. The van der Waals surface area contributed by atoms with Crippen molar-refractivity contribution in [2.24, 2.45) is 0 Å². The molecule has 2 amide bonds. The van der Waals surface area contributed by atoms with Crippen LogP contribution in [-0.2, 0) is 20.7 Å². The maximum Gasteiger partial charge on any atom is 0.242 e. The van der Waals surface area contributed by atoms with E-state index in [1.807, 2.05) is 17.0 Å². The van der Waals surface area contributed by atoms with Crippen molar-refractivity contribution in [3.8, 4) is 0 Å². The van der Waals surface area contributed by atoms with Crippen LogP contribution in [0.3, 0.4) is 0 Å². The van der Waals surface area contributed by atoms with Crippen LogP contribution in [0.2, 0.25) is 0 Å². The molecule has 1 aromatic carbocycles. The number of thiophene rings is 1. The molecule has 162 valence electrons. The zero-order chi connectivity index (χ0) is 21.5. The Hall–Kier alpha value is -1.89. The van der Waals surface area contributed by atoms with Crippen LogP contribution in [0, 0.1) is 6.92 Å². The van der Waals surface area contributed by atoms with E-state index >= 15 is 0 Å². The van der Waals surface area contributed by atoms with Crippen molar-refractivity contribution >= 4 is 34.8 Å². The number of ether oxygens (including phenoxy) is 1. The molecular weight excluding hydrogens is 420 g/mol. The lowest BCUT2D eigenvalue weighted by atomic mass is 9.90. The fourth-order valence-electron chi connectivity index (χ4n) is 4.00. The molecular formula is C23H29ClN2O3S. The molecule has 1 atom stereocenters. The third-order valence-electron chi connectivity index (χ3n) is 5.53. The monoisotopic (exact) mass is 448 g/mol. The molecule has 7 heteroatoms. The first-order chi connectivity index (χ1) is 14.6. The maximum absolute atomic E-state index is 13.4. The summed E-state index contributed by atoms with van der Waals surface area (Å²) in [7, 11) is 1.63. The average Bonchev–Trinajstić information content (AvgIpc) is 3.22. The number of rotatable bonds is 9. The summed E-state index contributed by atoms with van der Waals surface area (Å²) in [5.74, 6) is 0.136. The number of hydrogen-bond acceptors (Lipinski definition) is 4. The number of benzene rings is 1. The summed E-state index contributed by atoms with van der Waals surface area (Å²) >= 11 is 7.54. The van der Waals surface area contributed by atoms with Gasteiger partial charge in [0.05, 0.1) is 12.6 Å². The standard InChI is InChI=1S/C23H29ClN2O3S/c1-17-6-3-4-7-18(17)23-19-10-15-30-20(19)9-13-26(23)22(28)16-25(12-5-14-29-2)21(27)8-11-24/h3-4,6-7,10,15,23H,5,8-9,11-14,16H2,1-2H3. The van der Waals surface area contributed by atoms with Crippen LogP contribution in [0.15, 0.2) is 35.7 Å². The molecule has 0 bridgehead atoms. The Labute approximate surface area is 187 Å². The van der Waals surface area contributed by atoms with E-state index in [1.165, 1.54) is 10.4 Å². The molecule has 0 saturated heterocycles. The fourth-order valence-corrected chi connectivity index (χ4v) is 5.06. The van der Waals surface area contributed by atoms with Crippen molar-refractivity contribution in [3.63, 3.8) is 0 Å². The molecule has 1 unspecified atom stereocenters. The molecule has 0 radical (unpaired) electrons. The van der Waals surface area contributed by atoms with Crippen molar-refractivity contribution < 1.29 is 14.3 Å². The summed E-state index contributed by atoms with van der Waals surface area (Å²) < 4.78 is 5.11. The van der Waals surface area contributed by atoms with Gasteiger partial charge in [-0.05, 0) is 47.9 Å². The van der Waals surface area contributed by atoms with Gasteiger partial charge in [-0.25, -0.2) is 0 Å². The zero-order valence-corrected chi connectivity index (χ0v) is 19.2. The maximum atomic E-state index is 13.4. The van der Waals surface area contributed by atoms with Crippen molar-refractivity contribution in [2.75, 3.05) is 39.2 Å². The number of fused-ring (bicyclic) bond motifs is 1. The number of halogens is 1. The first-order valence-corrected chi connectivity index (χ1v) is 11.7. The van der Waals surface area contributed by atoms with E-state index in [0.717, 1.165) is 17.5 Å². The van der Waals surface area contributed by atoms with Gasteiger partial charge in [-0.3, -0.25) is 9.59 Å². The molecule has 5 nitrogen and oxygen atoms in total. The van der Waals surface area contributed by atoms with Crippen molar-refractivity contribution in [1.29, 1.82) is 0 Å². The minimum Gasteiger partial charge on any atom is -0.385 e. The minimum absolute atomic E-state index is 0.0274. The molecule has 0 spiro atoms. The summed E-state index contributed by atoms with van der Waals surface area (Å²) in [6, 6.07) is 10.2. The Kier molecular flexibility index (Phi) is 8.31. The van der Waals surface area contributed by atoms with Gasteiger partial charge in [0.1, 0.15) is 0 Å². The molecule has 0 N–H and O–H groups in total. The highest BCUT2D eigenvalue weighted by atomic mass is 35.5. The lowest BCUT2D eigenvalue weighted by Gasteiger charge is -2.38. The van der Waals surface area contributed by atoms with E-state index in [4.69, 9.17) is 16.3 Å². The molecule has 0 aliphatic carbocycles. The molecule has 2 aromatic rings. The quantitative estimate of drug-likeness (QED) is 0.430. The van der Waals surface area contributed by atoms with E-state index in [9.17, 15) is 9.59 Å². The van der Waals surface area contributed by atoms with Crippen LogP contribution in [-0.4, -0.2) is 60.8 Å². The van der Waals surface area contributed by atoms with E-state index in [-0.39, 0.29) is 36.7 Å². The third-order valence-corrected chi connectivity index (χ3v) is 6.72. The van der Waals surface area contributed by atoms with Gasteiger partial charge in [0.15, 0.2) is 0 Å². The molecule has 0 saturated carbocycles. The second-order valence-corrected chi connectivity index (χ2v) is 8.87. The van der Waals surface area contributed by atoms with Gasteiger partial charge in [-0.15, -0.1) is 22.9 Å². The molecule has 2 heterocycles. The number of alkyl halides is 1. The second-order valence-electron chi connectivity index (χ2n) is 7.50. The van der Waals surface area contributed by atoms with Crippen LogP contribution in [0.5, 0.6) is 0 Å². The molecule has 1 aliphatic rings. The number of methoxy groups -OCH3 is 1. The van der Waals surface area contributed by atoms with E-state index in [0.29, 0.717) is 26.1 Å². The summed E-state index contributed by atoms with van der Waals surface area (Å²) in [5.41, 5.74) is 3.50. The van der Waals surface area contributed by atoms with E-state index < -0.39 is 0 Å². The second kappa shape index (κ2) is 10.9. The number of aryl methyl sites for hydroxylation is 1. The Morgan fingerprint density at radius 1 is 1.27 bits per heavy atom. The number of carbonyl (C=O) groups excluding carboxylic acids is 2. The van der Waals surface area contributed by atoms with Crippen LogP contribution in [0.4, 0.5) is 0 Å². The third kappa shape index (κ3) is 5.23. The summed E-state index contributed by atoms with van der Waals surface area (Å²) in [6.07, 6.45) is 1.77. The van der Waals surface area contributed by atoms with Gasteiger partial charge < -0.3 is 14.5 Å². The predicted molar refractivity (Wildman–Crippen MR) is 121 cm³/mol. The van der Waals surface area contributed by atoms with Crippen molar-refractivity contribution in [2.45, 2.75) is 32.2 Å². The number of amides is 2. The largest absolute Gasteiger partial charge is 0.385 e. The first-order valence-electron chi connectivity index (χ1n) is 10.3. The first kappa shape index (κ1) is 22.8. The lowest BCUT2D eigenvalue weighted by molar-refractivity contribution is -0.141.